The smallest absolute Gasteiger partial charge is 0.176 e. The van der Waals surface area contributed by atoms with Gasteiger partial charge in [-0.3, -0.25) is 4.90 Å². The lowest BCUT2D eigenvalue weighted by Crippen LogP contribution is -2.46. The number of nitrogens with one attached hydrogen (secondary N) is 1. The summed E-state index contributed by atoms with van der Waals surface area (Å²) < 4.78 is 17.2. The van der Waals surface area contributed by atoms with Gasteiger partial charge >= 0.3 is 0 Å². The average Bonchev–Trinajstić information content (AvgIpc) is 3.12. The monoisotopic (exact) mass is 366 g/mol. The zero-order valence-corrected chi connectivity index (χ0v) is 15.7. The average molecular weight is 366 g/mol. The van der Waals surface area contributed by atoms with E-state index in [1.54, 1.807) is 7.11 Å². The summed E-state index contributed by atoms with van der Waals surface area (Å²) in [6.07, 6.45) is 0.196. The van der Waals surface area contributed by atoms with Gasteiger partial charge in [0.2, 0.25) is 0 Å². The molecule has 0 aliphatic carbocycles. The van der Waals surface area contributed by atoms with Gasteiger partial charge in [-0.25, -0.2) is 0 Å². The van der Waals surface area contributed by atoms with E-state index in [1.807, 2.05) is 18.2 Å². The van der Waals surface area contributed by atoms with Gasteiger partial charge in [0.25, 0.3) is 0 Å². The molecule has 1 aliphatic heterocycles. The predicted molar refractivity (Wildman–Crippen MR) is 106 cm³/mol. The first kappa shape index (κ1) is 18.0. The molecular formula is C22H26N2O3. The Bertz CT molecular complexity index is 862. The fourth-order valence-corrected chi connectivity index (χ4v) is 3.58. The lowest BCUT2D eigenvalue weighted by Gasteiger charge is -2.33. The van der Waals surface area contributed by atoms with Gasteiger partial charge in [-0.1, -0.05) is 42.5 Å². The molecule has 2 aromatic carbocycles. The first-order valence-corrected chi connectivity index (χ1v) is 9.46. The number of nitrogens with zero attached hydrogens (tertiary/aromatic N) is 1. The molecule has 1 fully saturated rings. The van der Waals surface area contributed by atoms with Crippen LogP contribution in [0.15, 0.2) is 59.0 Å². The molecule has 1 unspecified atom stereocenters. The molecule has 0 radical (unpaired) electrons. The number of hydrogen-bond acceptors (Lipinski definition) is 5. The number of furan rings is 1. The van der Waals surface area contributed by atoms with E-state index in [4.69, 9.17) is 13.9 Å². The maximum atomic E-state index is 5.94. The molecule has 0 bridgehead atoms. The molecule has 0 amide bonds. The van der Waals surface area contributed by atoms with Gasteiger partial charge in [0.05, 0.1) is 26.4 Å². The largest absolute Gasteiger partial charge is 0.493 e. The molecule has 1 atom stereocenters. The van der Waals surface area contributed by atoms with E-state index >= 15 is 0 Å². The zero-order valence-electron chi connectivity index (χ0n) is 15.7. The molecule has 5 heteroatoms. The highest BCUT2D eigenvalue weighted by Crippen LogP contribution is 2.28. The van der Waals surface area contributed by atoms with Crippen LogP contribution in [0.3, 0.4) is 0 Å². The number of morpholine rings is 1. The van der Waals surface area contributed by atoms with Crippen LogP contribution in [0.4, 0.5) is 0 Å². The second-order valence-electron chi connectivity index (χ2n) is 6.94. The summed E-state index contributed by atoms with van der Waals surface area (Å²) in [6.45, 7) is 5.16. The summed E-state index contributed by atoms with van der Waals surface area (Å²) in [5.74, 6) is 1.68. The number of hydrogen-bond donors (Lipinski definition) is 1. The Hall–Kier alpha value is -2.34. The summed E-state index contributed by atoms with van der Waals surface area (Å²) >= 11 is 0. The first-order valence-electron chi connectivity index (χ1n) is 9.46. The van der Waals surface area contributed by atoms with E-state index < -0.39 is 0 Å². The Morgan fingerprint density at radius 3 is 2.89 bits per heavy atom. The normalized spacial score (nSPS) is 18.0. The second kappa shape index (κ2) is 8.57. The lowest BCUT2D eigenvalue weighted by molar-refractivity contribution is -0.0301. The van der Waals surface area contributed by atoms with Crippen molar-refractivity contribution in [2.45, 2.75) is 19.2 Å². The number of methoxy groups -OCH3 is 1. The van der Waals surface area contributed by atoms with Crippen molar-refractivity contribution >= 4 is 11.0 Å². The Balaban J connectivity index is 1.28. The van der Waals surface area contributed by atoms with Crippen LogP contribution < -0.4 is 10.1 Å². The van der Waals surface area contributed by atoms with Crippen LogP contribution >= 0.6 is 0 Å². The Morgan fingerprint density at radius 2 is 2.04 bits per heavy atom. The van der Waals surface area contributed by atoms with Crippen LogP contribution in [-0.2, 0) is 17.8 Å². The van der Waals surface area contributed by atoms with Crippen molar-refractivity contribution < 1.29 is 13.9 Å². The Labute approximate surface area is 159 Å². The molecule has 0 spiro atoms. The molecular weight excluding hydrogens is 340 g/mol. The maximum absolute atomic E-state index is 5.94. The zero-order chi connectivity index (χ0) is 18.5. The highest BCUT2D eigenvalue weighted by atomic mass is 16.5. The Kier molecular flexibility index (Phi) is 5.72. The van der Waals surface area contributed by atoms with Crippen LogP contribution in [0.2, 0.25) is 0 Å². The molecule has 4 rings (SSSR count). The van der Waals surface area contributed by atoms with Crippen LogP contribution in [0.25, 0.3) is 11.0 Å². The SMILES string of the molecule is COc1cccc2cc(CNCC3CN(Cc4ccccc4)CCO3)oc12. The molecule has 5 nitrogen and oxygen atoms in total. The number of benzene rings is 2. The minimum Gasteiger partial charge on any atom is -0.493 e. The first-order chi connectivity index (χ1) is 13.3. The highest BCUT2D eigenvalue weighted by molar-refractivity contribution is 5.83. The second-order valence-corrected chi connectivity index (χ2v) is 6.94. The van der Waals surface area contributed by atoms with E-state index in [0.29, 0.717) is 6.54 Å². The van der Waals surface area contributed by atoms with Gasteiger partial charge in [-0.15, -0.1) is 0 Å². The van der Waals surface area contributed by atoms with E-state index in [1.165, 1.54) is 5.56 Å². The molecule has 2 heterocycles. The quantitative estimate of drug-likeness (QED) is 0.694. The number of rotatable bonds is 7. The molecule has 27 heavy (non-hydrogen) atoms. The number of para-hydroxylation sites is 1. The predicted octanol–water partition coefficient (Wildman–Crippen LogP) is 3.43. The fourth-order valence-electron chi connectivity index (χ4n) is 3.58. The molecule has 0 saturated carbocycles. The minimum atomic E-state index is 0.196. The van der Waals surface area contributed by atoms with Crippen molar-refractivity contribution in [2.75, 3.05) is 33.4 Å². The van der Waals surface area contributed by atoms with Crippen molar-refractivity contribution in [3.05, 3.63) is 65.9 Å². The van der Waals surface area contributed by atoms with E-state index in [-0.39, 0.29) is 6.10 Å². The van der Waals surface area contributed by atoms with Gasteiger partial charge in [0.15, 0.2) is 11.3 Å². The van der Waals surface area contributed by atoms with Gasteiger partial charge in [0, 0.05) is 31.6 Å². The highest BCUT2D eigenvalue weighted by Gasteiger charge is 2.20. The van der Waals surface area contributed by atoms with Gasteiger partial charge in [-0.2, -0.15) is 0 Å². The van der Waals surface area contributed by atoms with Crippen LogP contribution in [-0.4, -0.2) is 44.4 Å². The third-order valence-electron chi connectivity index (χ3n) is 4.92. The number of ether oxygens (including phenoxy) is 2. The number of fused-ring (bicyclic) bond motifs is 1. The molecule has 3 aromatic rings. The van der Waals surface area contributed by atoms with E-state index in [2.05, 4.69) is 46.6 Å². The summed E-state index contributed by atoms with van der Waals surface area (Å²) in [4.78, 5) is 2.46. The Morgan fingerprint density at radius 1 is 1.15 bits per heavy atom. The van der Waals surface area contributed by atoms with Gasteiger partial charge < -0.3 is 19.2 Å². The maximum Gasteiger partial charge on any atom is 0.176 e. The van der Waals surface area contributed by atoms with E-state index in [9.17, 15) is 0 Å². The summed E-state index contributed by atoms with van der Waals surface area (Å²) in [7, 11) is 1.66. The van der Waals surface area contributed by atoms with Crippen LogP contribution in [0.1, 0.15) is 11.3 Å². The summed E-state index contributed by atoms with van der Waals surface area (Å²) in [5, 5.41) is 4.53. The molecule has 1 aromatic heterocycles. The lowest BCUT2D eigenvalue weighted by atomic mass is 10.2. The van der Waals surface area contributed by atoms with Gasteiger partial charge in [-0.05, 0) is 17.7 Å². The minimum absolute atomic E-state index is 0.196. The van der Waals surface area contributed by atoms with Crippen molar-refractivity contribution in [1.82, 2.24) is 10.2 Å². The topological polar surface area (TPSA) is 46.9 Å². The van der Waals surface area contributed by atoms with Crippen molar-refractivity contribution in [1.29, 1.82) is 0 Å². The van der Waals surface area contributed by atoms with Crippen molar-refractivity contribution in [3.63, 3.8) is 0 Å². The molecule has 1 saturated heterocycles. The summed E-state index contributed by atoms with van der Waals surface area (Å²) in [5.41, 5.74) is 2.15. The van der Waals surface area contributed by atoms with E-state index in [0.717, 1.165) is 55.3 Å². The van der Waals surface area contributed by atoms with Gasteiger partial charge in [0.1, 0.15) is 5.76 Å². The van der Waals surface area contributed by atoms with Crippen molar-refractivity contribution in [2.24, 2.45) is 0 Å². The van der Waals surface area contributed by atoms with Crippen LogP contribution in [0.5, 0.6) is 5.75 Å². The third-order valence-corrected chi connectivity index (χ3v) is 4.92. The third kappa shape index (κ3) is 4.50. The molecule has 1 N–H and O–H groups in total. The van der Waals surface area contributed by atoms with Crippen LogP contribution in [0, 0.1) is 0 Å². The fraction of sp³-hybridized carbons (Fsp3) is 0.364. The molecule has 1 aliphatic rings. The standard InChI is InChI=1S/C22H26N2O3/c1-25-21-9-5-8-18-12-19(27-22(18)21)13-23-14-20-16-24(10-11-26-20)15-17-6-3-2-4-7-17/h2-9,12,20,23H,10-11,13-16H2,1H3. The molecule has 142 valence electrons. The summed E-state index contributed by atoms with van der Waals surface area (Å²) in [6, 6.07) is 18.6. The van der Waals surface area contributed by atoms with Crippen molar-refractivity contribution in [3.8, 4) is 5.75 Å².